The number of nitrogens with zero attached hydrogens (tertiary/aromatic N) is 3. The van der Waals surface area contributed by atoms with E-state index in [9.17, 15) is 4.79 Å². The highest BCUT2D eigenvalue weighted by molar-refractivity contribution is 14.0. The van der Waals surface area contributed by atoms with Gasteiger partial charge in [0.15, 0.2) is 5.96 Å². The van der Waals surface area contributed by atoms with Crippen LogP contribution in [0.2, 0.25) is 0 Å². The average Bonchev–Trinajstić information content (AvgIpc) is 3.06. The summed E-state index contributed by atoms with van der Waals surface area (Å²) in [5.41, 5.74) is -0.585. The Kier molecular flexibility index (Phi) is 11.9. The van der Waals surface area contributed by atoms with Gasteiger partial charge in [-0.05, 0) is 33.1 Å². The van der Waals surface area contributed by atoms with Crippen LogP contribution in [0.25, 0.3) is 0 Å². The summed E-state index contributed by atoms with van der Waals surface area (Å²) in [5.74, 6) is 2.51. The van der Waals surface area contributed by atoms with Crippen LogP contribution in [0.15, 0.2) is 15.6 Å². The smallest absolute Gasteiger partial charge is 0.407 e. The summed E-state index contributed by atoms with van der Waals surface area (Å²) >= 11 is 0. The number of nitrogens with one attached hydrogen (secondary N) is 2. The van der Waals surface area contributed by atoms with Crippen molar-refractivity contribution in [1.29, 1.82) is 0 Å². The number of carbonyl (C=O) groups excluding carboxylic acids is 1. The van der Waals surface area contributed by atoms with Gasteiger partial charge in [-0.1, -0.05) is 34.6 Å². The third kappa shape index (κ3) is 11.1. The number of guanidine groups is 1. The zero-order valence-electron chi connectivity index (χ0n) is 20.8. The minimum absolute atomic E-state index is 0. The van der Waals surface area contributed by atoms with E-state index in [-0.39, 0.29) is 47.4 Å². The van der Waals surface area contributed by atoms with E-state index < -0.39 is 5.60 Å². The lowest BCUT2D eigenvalue weighted by molar-refractivity contribution is 0.0485. The molecule has 1 atom stereocenters. The molecule has 8 nitrogen and oxygen atoms in total. The van der Waals surface area contributed by atoms with Gasteiger partial charge in [-0.25, -0.2) is 9.78 Å². The Morgan fingerprint density at radius 1 is 1.26 bits per heavy atom. The Labute approximate surface area is 205 Å². The molecule has 1 amide bonds. The SMILES string of the molecule is CN=C(NCc1ncc(C(C)(C)C)o1)N(C)CCC(NC(=O)OC(C)(C)C)C(C)C.I. The van der Waals surface area contributed by atoms with Gasteiger partial charge in [0.25, 0.3) is 0 Å². The Balaban J connectivity index is 0.00000900. The molecule has 0 aliphatic carbocycles. The van der Waals surface area contributed by atoms with Crippen LogP contribution < -0.4 is 10.6 Å². The number of oxazole rings is 1. The number of aromatic nitrogens is 1. The Hall–Kier alpha value is -1.52. The van der Waals surface area contributed by atoms with Crippen molar-refractivity contribution < 1.29 is 13.9 Å². The largest absolute Gasteiger partial charge is 0.444 e. The highest BCUT2D eigenvalue weighted by atomic mass is 127. The summed E-state index contributed by atoms with van der Waals surface area (Å²) in [6, 6.07) is 0.00138. The van der Waals surface area contributed by atoms with E-state index in [1.807, 2.05) is 32.7 Å². The minimum atomic E-state index is -0.513. The summed E-state index contributed by atoms with van der Waals surface area (Å²) in [6.07, 6.45) is 2.16. The summed E-state index contributed by atoms with van der Waals surface area (Å²) in [7, 11) is 3.71. The number of alkyl carbamates (subject to hydrolysis) is 1. The quantitative estimate of drug-likeness (QED) is 0.294. The first-order valence-corrected chi connectivity index (χ1v) is 10.6. The first-order valence-electron chi connectivity index (χ1n) is 10.6. The molecule has 31 heavy (non-hydrogen) atoms. The molecule has 180 valence electrons. The maximum absolute atomic E-state index is 12.1. The maximum atomic E-state index is 12.1. The zero-order chi connectivity index (χ0) is 23.1. The van der Waals surface area contributed by atoms with E-state index in [2.05, 4.69) is 55.2 Å². The van der Waals surface area contributed by atoms with Crippen LogP contribution in [0.1, 0.15) is 73.5 Å². The van der Waals surface area contributed by atoms with E-state index in [4.69, 9.17) is 9.15 Å². The van der Waals surface area contributed by atoms with Crippen LogP contribution in [-0.4, -0.2) is 54.2 Å². The van der Waals surface area contributed by atoms with Crippen LogP contribution in [0.5, 0.6) is 0 Å². The summed E-state index contributed by atoms with van der Waals surface area (Å²) < 4.78 is 11.2. The number of hydrogen-bond donors (Lipinski definition) is 2. The molecule has 0 radical (unpaired) electrons. The predicted octanol–water partition coefficient (Wildman–Crippen LogP) is 4.54. The molecule has 1 unspecified atom stereocenters. The lowest BCUT2D eigenvalue weighted by atomic mass is 9.94. The first-order chi connectivity index (χ1) is 13.7. The maximum Gasteiger partial charge on any atom is 0.407 e. The van der Waals surface area contributed by atoms with Gasteiger partial charge in [-0.15, -0.1) is 24.0 Å². The van der Waals surface area contributed by atoms with Crippen LogP contribution in [0, 0.1) is 5.92 Å². The van der Waals surface area contributed by atoms with Crippen LogP contribution >= 0.6 is 24.0 Å². The topological polar surface area (TPSA) is 92.0 Å². The van der Waals surface area contributed by atoms with Crippen molar-refractivity contribution in [2.75, 3.05) is 20.6 Å². The van der Waals surface area contributed by atoms with Crippen molar-refractivity contribution in [2.45, 2.75) is 85.4 Å². The molecule has 0 saturated heterocycles. The second-order valence-electron chi connectivity index (χ2n) is 9.98. The molecule has 1 aromatic heterocycles. The van der Waals surface area contributed by atoms with Gasteiger partial charge in [0.1, 0.15) is 11.4 Å². The Morgan fingerprint density at radius 3 is 2.32 bits per heavy atom. The van der Waals surface area contributed by atoms with Gasteiger partial charge in [0.2, 0.25) is 5.89 Å². The van der Waals surface area contributed by atoms with Crippen molar-refractivity contribution >= 4 is 36.0 Å². The van der Waals surface area contributed by atoms with E-state index >= 15 is 0 Å². The Morgan fingerprint density at radius 2 is 1.87 bits per heavy atom. The number of aliphatic imine (C=N–C) groups is 1. The second-order valence-corrected chi connectivity index (χ2v) is 9.98. The normalized spacial score (nSPS) is 13.5. The Bertz CT molecular complexity index is 705. The van der Waals surface area contributed by atoms with E-state index in [0.717, 1.165) is 24.7 Å². The number of rotatable bonds is 7. The molecule has 0 spiro atoms. The highest BCUT2D eigenvalue weighted by Crippen LogP contribution is 2.22. The molecule has 0 aliphatic heterocycles. The number of carbonyl (C=O) groups is 1. The van der Waals surface area contributed by atoms with Crippen molar-refractivity contribution in [1.82, 2.24) is 20.5 Å². The number of ether oxygens (including phenoxy) is 1. The van der Waals surface area contributed by atoms with Crippen LogP contribution in [0.4, 0.5) is 4.79 Å². The number of amides is 1. The molecule has 0 bridgehead atoms. The summed E-state index contributed by atoms with van der Waals surface area (Å²) in [5, 5.41) is 6.27. The fourth-order valence-corrected chi connectivity index (χ4v) is 2.75. The number of halogens is 1. The van der Waals surface area contributed by atoms with Gasteiger partial charge < -0.3 is 24.7 Å². The molecular weight excluding hydrogens is 509 g/mol. The predicted molar refractivity (Wildman–Crippen MR) is 136 cm³/mol. The van der Waals surface area contributed by atoms with Crippen LogP contribution in [0.3, 0.4) is 0 Å². The molecule has 0 saturated carbocycles. The molecule has 1 rings (SSSR count). The lowest BCUT2D eigenvalue weighted by Crippen LogP contribution is -2.45. The molecule has 0 aromatic carbocycles. The van der Waals surface area contributed by atoms with E-state index in [1.165, 1.54) is 0 Å². The van der Waals surface area contributed by atoms with Gasteiger partial charge in [0, 0.05) is 32.1 Å². The number of hydrogen-bond acceptors (Lipinski definition) is 5. The monoisotopic (exact) mass is 551 g/mol. The molecule has 9 heteroatoms. The third-order valence-corrected chi connectivity index (χ3v) is 4.55. The van der Waals surface area contributed by atoms with Gasteiger partial charge in [-0.3, -0.25) is 4.99 Å². The van der Waals surface area contributed by atoms with Gasteiger partial charge >= 0.3 is 6.09 Å². The van der Waals surface area contributed by atoms with E-state index in [1.54, 1.807) is 13.2 Å². The lowest BCUT2D eigenvalue weighted by Gasteiger charge is -2.28. The fraction of sp³-hybridized carbons (Fsp3) is 0.773. The van der Waals surface area contributed by atoms with Crippen molar-refractivity contribution in [3.05, 3.63) is 17.8 Å². The standard InChI is InChI=1S/C22H41N5O3.HI/c1-15(2)16(26-20(28)30-22(6,7)8)11-12-27(10)19(23-9)25-14-18-24-13-17(29-18)21(3,4)5;/h13,15-16H,11-12,14H2,1-10H3,(H,23,25)(H,26,28);1H. The molecule has 0 fully saturated rings. The van der Waals surface area contributed by atoms with Crippen LogP contribution in [-0.2, 0) is 16.7 Å². The highest BCUT2D eigenvalue weighted by Gasteiger charge is 2.22. The molecule has 2 N–H and O–H groups in total. The summed E-state index contributed by atoms with van der Waals surface area (Å²) in [6.45, 7) is 17.2. The van der Waals surface area contributed by atoms with E-state index in [0.29, 0.717) is 12.4 Å². The molecular formula is C22H42IN5O3. The third-order valence-electron chi connectivity index (χ3n) is 4.55. The average molecular weight is 552 g/mol. The minimum Gasteiger partial charge on any atom is -0.444 e. The van der Waals surface area contributed by atoms with Crippen molar-refractivity contribution in [3.8, 4) is 0 Å². The van der Waals surface area contributed by atoms with Gasteiger partial charge in [-0.2, -0.15) is 0 Å². The molecule has 1 aromatic rings. The summed E-state index contributed by atoms with van der Waals surface area (Å²) in [4.78, 5) is 22.9. The molecule has 0 aliphatic rings. The molecule has 1 heterocycles. The van der Waals surface area contributed by atoms with Crippen molar-refractivity contribution in [2.24, 2.45) is 10.9 Å². The zero-order valence-corrected chi connectivity index (χ0v) is 23.2. The second kappa shape index (κ2) is 12.5. The van der Waals surface area contributed by atoms with Crippen molar-refractivity contribution in [3.63, 3.8) is 0 Å². The fourth-order valence-electron chi connectivity index (χ4n) is 2.75. The van der Waals surface area contributed by atoms with Gasteiger partial charge in [0.05, 0.1) is 12.7 Å². The first kappa shape index (κ1) is 29.5.